The number of halogens is 4. The molecule has 2 aromatic carbocycles. The molecule has 1 amide bonds. The van der Waals surface area contributed by atoms with Gasteiger partial charge in [0.1, 0.15) is 23.9 Å². The molecular formula is C27H27F4N3O7S. The van der Waals surface area contributed by atoms with Crippen LogP contribution < -0.4 is 18.9 Å². The summed E-state index contributed by atoms with van der Waals surface area (Å²) in [5, 5.41) is 0. The molecule has 0 spiro atoms. The Bertz CT molecular complexity index is 1530. The lowest BCUT2D eigenvalue weighted by atomic mass is 10.1. The first kappa shape index (κ1) is 30.8. The van der Waals surface area contributed by atoms with Crippen molar-refractivity contribution in [2.45, 2.75) is 50.2 Å². The first-order valence-electron chi connectivity index (χ1n) is 12.7. The van der Waals surface area contributed by atoms with E-state index in [1.165, 1.54) is 30.6 Å². The number of aromatic nitrogens is 2. The number of carbonyl (C=O) groups is 1. The van der Waals surface area contributed by atoms with Gasteiger partial charge in [0.15, 0.2) is 27.5 Å². The Morgan fingerprint density at radius 2 is 1.64 bits per heavy atom. The number of ether oxygens (including phenoxy) is 4. The fourth-order valence-corrected chi connectivity index (χ4v) is 4.76. The number of amides is 1. The van der Waals surface area contributed by atoms with Gasteiger partial charge in [-0.2, -0.15) is 0 Å². The Balaban J connectivity index is 1.31. The summed E-state index contributed by atoms with van der Waals surface area (Å²) in [5.41, 5.74) is 0.399. The Morgan fingerprint density at radius 3 is 2.24 bits per heavy atom. The highest BCUT2D eigenvalue weighted by molar-refractivity contribution is 7.90. The zero-order valence-electron chi connectivity index (χ0n) is 22.7. The van der Waals surface area contributed by atoms with Crippen molar-refractivity contribution >= 4 is 15.7 Å². The number of sulfone groups is 1. The molecule has 1 fully saturated rings. The first-order chi connectivity index (χ1) is 19.7. The summed E-state index contributed by atoms with van der Waals surface area (Å²) in [6, 6.07) is 8.05. The molecule has 15 heteroatoms. The van der Waals surface area contributed by atoms with Gasteiger partial charge < -0.3 is 23.8 Å². The SMILES string of the molecule is Cc1c(Oc2ccc(S(C)(=O)=O)cc2F)ncnc1OC1CCN(C(=O)C(C)Oc2ccc(OC(F)(F)F)cc2)CC1. The van der Waals surface area contributed by atoms with E-state index in [4.69, 9.17) is 14.2 Å². The summed E-state index contributed by atoms with van der Waals surface area (Å²) in [6.45, 7) is 3.91. The summed E-state index contributed by atoms with van der Waals surface area (Å²) in [4.78, 5) is 22.5. The minimum absolute atomic E-state index is 0.0302. The van der Waals surface area contributed by atoms with Crippen molar-refractivity contribution in [1.82, 2.24) is 14.9 Å². The summed E-state index contributed by atoms with van der Waals surface area (Å²) < 4.78 is 95.8. The molecule has 3 aromatic rings. The molecule has 4 rings (SSSR count). The van der Waals surface area contributed by atoms with E-state index in [-0.39, 0.29) is 40.2 Å². The number of nitrogens with zero attached hydrogens (tertiary/aromatic N) is 3. The smallest absolute Gasteiger partial charge is 0.481 e. The molecule has 10 nitrogen and oxygen atoms in total. The fourth-order valence-electron chi connectivity index (χ4n) is 4.12. The quantitative estimate of drug-likeness (QED) is 0.312. The van der Waals surface area contributed by atoms with E-state index < -0.39 is 33.9 Å². The topological polar surface area (TPSA) is 117 Å². The van der Waals surface area contributed by atoms with E-state index >= 15 is 0 Å². The molecule has 1 aliphatic rings. The summed E-state index contributed by atoms with van der Waals surface area (Å²) in [5.74, 6) is -1.32. The van der Waals surface area contributed by atoms with Gasteiger partial charge in [-0.25, -0.2) is 22.8 Å². The van der Waals surface area contributed by atoms with Crippen LogP contribution in [0.1, 0.15) is 25.3 Å². The van der Waals surface area contributed by atoms with Crippen molar-refractivity contribution in [2.24, 2.45) is 0 Å². The van der Waals surface area contributed by atoms with Crippen LogP contribution in [-0.2, 0) is 14.6 Å². The van der Waals surface area contributed by atoms with E-state index in [1.54, 1.807) is 18.7 Å². The molecule has 2 heterocycles. The Hall–Kier alpha value is -4.14. The van der Waals surface area contributed by atoms with Crippen LogP contribution in [0.2, 0.25) is 0 Å². The van der Waals surface area contributed by atoms with Crippen LogP contribution in [0.3, 0.4) is 0 Å². The summed E-state index contributed by atoms with van der Waals surface area (Å²) in [7, 11) is -3.59. The number of alkyl halides is 3. The van der Waals surface area contributed by atoms with E-state index in [0.29, 0.717) is 31.5 Å². The Morgan fingerprint density at radius 1 is 1.02 bits per heavy atom. The molecule has 0 radical (unpaired) electrons. The van der Waals surface area contributed by atoms with Crippen molar-refractivity contribution in [3.8, 4) is 29.0 Å². The van der Waals surface area contributed by atoms with Crippen LogP contribution in [0, 0.1) is 12.7 Å². The predicted molar refractivity (Wildman–Crippen MR) is 140 cm³/mol. The van der Waals surface area contributed by atoms with E-state index in [2.05, 4.69) is 14.7 Å². The zero-order chi connectivity index (χ0) is 30.7. The normalized spacial score (nSPS) is 15.2. The van der Waals surface area contributed by atoms with E-state index in [9.17, 15) is 30.8 Å². The second kappa shape index (κ2) is 12.4. The van der Waals surface area contributed by atoms with Crippen molar-refractivity contribution in [3.63, 3.8) is 0 Å². The van der Waals surface area contributed by atoms with Gasteiger partial charge in [-0.15, -0.1) is 13.2 Å². The molecule has 1 saturated heterocycles. The number of benzene rings is 2. The molecule has 0 saturated carbocycles. The molecule has 1 unspecified atom stereocenters. The Kier molecular flexibility index (Phi) is 9.09. The molecule has 226 valence electrons. The number of rotatable bonds is 9. The second-order valence-corrected chi connectivity index (χ2v) is 11.5. The van der Waals surface area contributed by atoms with Crippen LogP contribution in [0.5, 0.6) is 29.0 Å². The predicted octanol–water partition coefficient (Wildman–Crippen LogP) is 4.86. The molecule has 42 heavy (non-hydrogen) atoms. The van der Waals surface area contributed by atoms with Crippen molar-refractivity contribution in [3.05, 3.63) is 60.2 Å². The maximum Gasteiger partial charge on any atom is 0.573 e. The first-order valence-corrected chi connectivity index (χ1v) is 14.6. The third-order valence-electron chi connectivity index (χ3n) is 6.28. The zero-order valence-corrected chi connectivity index (χ0v) is 23.5. The number of hydrogen-bond donors (Lipinski definition) is 0. The highest BCUT2D eigenvalue weighted by Crippen LogP contribution is 2.31. The van der Waals surface area contributed by atoms with Gasteiger partial charge in [-0.1, -0.05) is 0 Å². The van der Waals surface area contributed by atoms with Crippen LogP contribution in [0.4, 0.5) is 17.6 Å². The lowest BCUT2D eigenvalue weighted by molar-refractivity contribution is -0.274. The van der Waals surface area contributed by atoms with Gasteiger partial charge in [0.2, 0.25) is 11.8 Å². The molecule has 0 bridgehead atoms. The summed E-state index contributed by atoms with van der Waals surface area (Å²) in [6.07, 6.45) is -2.87. The minimum Gasteiger partial charge on any atom is -0.481 e. The Labute approximate surface area is 239 Å². The number of hydrogen-bond acceptors (Lipinski definition) is 9. The molecule has 1 aromatic heterocycles. The third-order valence-corrected chi connectivity index (χ3v) is 7.39. The maximum atomic E-state index is 14.5. The average molecular weight is 614 g/mol. The molecule has 1 atom stereocenters. The molecular weight excluding hydrogens is 586 g/mol. The van der Waals surface area contributed by atoms with Crippen LogP contribution in [0.25, 0.3) is 0 Å². The van der Waals surface area contributed by atoms with Crippen LogP contribution in [-0.4, -0.2) is 67.1 Å². The highest BCUT2D eigenvalue weighted by Gasteiger charge is 2.31. The standard InChI is InChI=1S/C27H27F4N3O7S/c1-16-24(32-15-33-25(16)40-23-9-8-21(14-22(23)28)42(3,36)37)39-19-10-12-34(13-11-19)26(35)17(2)38-18-4-6-20(7-5-18)41-27(29,30)31/h4-9,14-15,17,19H,10-13H2,1-3H3. The molecule has 0 aliphatic carbocycles. The molecule has 0 N–H and O–H groups in total. The maximum absolute atomic E-state index is 14.5. The number of piperidine rings is 1. The molecule has 1 aliphatic heterocycles. The van der Waals surface area contributed by atoms with Crippen molar-refractivity contribution in [1.29, 1.82) is 0 Å². The largest absolute Gasteiger partial charge is 0.573 e. The van der Waals surface area contributed by atoms with Crippen molar-refractivity contribution in [2.75, 3.05) is 19.3 Å². The lowest BCUT2D eigenvalue weighted by Crippen LogP contribution is -2.46. The van der Waals surface area contributed by atoms with Gasteiger partial charge in [0, 0.05) is 32.2 Å². The average Bonchev–Trinajstić information content (AvgIpc) is 2.91. The third kappa shape index (κ3) is 7.99. The number of carbonyl (C=O) groups excluding carboxylic acids is 1. The number of likely N-dealkylation sites (tertiary alicyclic amines) is 1. The minimum atomic E-state index is -4.81. The van der Waals surface area contributed by atoms with Crippen LogP contribution >= 0.6 is 0 Å². The monoisotopic (exact) mass is 613 g/mol. The second-order valence-electron chi connectivity index (χ2n) is 9.50. The highest BCUT2D eigenvalue weighted by atomic mass is 32.2. The lowest BCUT2D eigenvalue weighted by Gasteiger charge is -2.33. The van der Waals surface area contributed by atoms with Gasteiger partial charge in [0.25, 0.3) is 5.91 Å². The van der Waals surface area contributed by atoms with E-state index in [0.717, 1.165) is 24.5 Å². The van der Waals surface area contributed by atoms with E-state index in [1.807, 2.05) is 0 Å². The van der Waals surface area contributed by atoms with Gasteiger partial charge in [0.05, 0.1) is 10.5 Å². The summed E-state index contributed by atoms with van der Waals surface area (Å²) >= 11 is 0. The fraction of sp³-hybridized carbons (Fsp3) is 0.370. The van der Waals surface area contributed by atoms with Gasteiger partial charge in [-0.3, -0.25) is 4.79 Å². The van der Waals surface area contributed by atoms with Crippen LogP contribution in [0.15, 0.2) is 53.7 Å². The van der Waals surface area contributed by atoms with Gasteiger partial charge in [-0.05, 0) is 56.3 Å². The van der Waals surface area contributed by atoms with Crippen molar-refractivity contribution < 1.29 is 49.7 Å². The van der Waals surface area contributed by atoms with Gasteiger partial charge >= 0.3 is 6.36 Å².